The molecule has 1 atom stereocenters. The Morgan fingerprint density at radius 1 is 1.50 bits per heavy atom. The number of rotatable bonds is 7. The highest BCUT2D eigenvalue weighted by atomic mass is 16.5. The summed E-state index contributed by atoms with van der Waals surface area (Å²) in [7, 11) is 1.56. The van der Waals surface area contributed by atoms with Gasteiger partial charge in [-0.25, -0.2) is 0 Å². The molecule has 0 aliphatic carbocycles. The topological polar surface area (TPSA) is 80.4 Å². The van der Waals surface area contributed by atoms with Crippen molar-refractivity contribution in [2.24, 2.45) is 0 Å². The van der Waals surface area contributed by atoms with Crippen molar-refractivity contribution in [3.05, 3.63) is 5.82 Å². The van der Waals surface area contributed by atoms with E-state index >= 15 is 0 Å². The van der Waals surface area contributed by atoms with E-state index in [9.17, 15) is 5.11 Å². The van der Waals surface area contributed by atoms with Gasteiger partial charge < -0.3 is 19.7 Å². The summed E-state index contributed by atoms with van der Waals surface area (Å²) in [6, 6.07) is 0.397. The third kappa shape index (κ3) is 4.16. The molecular formula is C10H19N3O3. The normalized spacial score (nSPS) is 13.1. The fourth-order valence-electron chi connectivity index (χ4n) is 1.16. The van der Waals surface area contributed by atoms with Crippen molar-refractivity contribution in [3.63, 3.8) is 0 Å². The first kappa shape index (κ1) is 12.9. The van der Waals surface area contributed by atoms with Crippen molar-refractivity contribution in [2.75, 3.05) is 25.6 Å². The standard InChI is InChI=1S/C10H19N3O3/c1-7(2)9-12-10(16-13-9)11-5-4-8(14)6-15-3/h7-8,14H,4-6H2,1-3H3,(H,11,12,13). The number of hydrogen-bond donors (Lipinski definition) is 2. The number of methoxy groups -OCH3 is 1. The average molecular weight is 229 g/mol. The van der Waals surface area contributed by atoms with E-state index in [0.29, 0.717) is 31.4 Å². The maximum atomic E-state index is 9.39. The van der Waals surface area contributed by atoms with E-state index in [-0.39, 0.29) is 5.92 Å². The molecule has 1 unspecified atom stereocenters. The first-order valence-corrected chi connectivity index (χ1v) is 5.38. The van der Waals surface area contributed by atoms with Gasteiger partial charge in [-0.1, -0.05) is 19.0 Å². The Kier molecular flexibility index (Phi) is 5.21. The zero-order chi connectivity index (χ0) is 12.0. The minimum atomic E-state index is -0.468. The van der Waals surface area contributed by atoms with E-state index in [1.165, 1.54) is 0 Å². The lowest BCUT2D eigenvalue weighted by atomic mass is 10.2. The predicted octanol–water partition coefficient (Wildman–Crippen LogP) is 1.00. The number of aromatic nitrogens is 2. The van der Waals surface area contributed by atoms with E-state index in [1.54, 1.807) is 7.11 Å². The largest absolute Gasteiger partial charge is 0.391 e. The monoisotopic (exact) mass is 229 g/mol. The van der Waals surface area contributed by atoms with Gasteiger partial charge in [0.2, 0.25) is 0 Å². The van der Waals surface area contributed by atoms with Crippen LogP contribution in [0.15, 0.2) is 4.52 Å². The minimum Gasteiger partial charge on any atom is -0.391 e. The van der Waals surface area contributed by atoms with Crippen LogP contribution < -0.4 is 5.32 Å². The second kappa shape index (κ2) is 6.44. The second-order valence-electron chi connectivity index (χ2n) is 3.94. The van der Waals surface area contributed by atoms with Crippen molar-refractivity contribution in [1.82, 2.24) is 10.1 Å². The van der Waals surface area contributed by atoms with E-state index in [4.69, 9.17) is 9.26 Å². The van der Waals surface area contributed by atoms with E-state index in [1.807, 2.05) is 13.8 Å². The summed E-state index contributed by atoms with van der Waals surface area (Å²) in [5.74, 6) is 0.929. The van der Waals surface area contributed by atoms with Gasteiger partial charge in [0.25, 0.3) is 0 Å². The maximum absolute atomic E-state index is 9.39. The Balaban J connectivity index is 2.26. The van der Waals surface area contributed by atoms with Crippen LogP contribution in [0.3, 0.4) is 0 Å². The molecule has 1 rings (SSSR count). The third-order valence-corrected chi connectivity index (χ3v) is 2.07. The number of nitrogens with one attached hydrogen (secondary N) is 1. The smallest absolute Gasteiger partial charge is 0.321 e. The molecule has 0 radical (unpaired) electrons. The molecule has 0 saturated carbocycles. The Bertz CT molecular complexity index is 301. The third-order valence-electron chi connectivity index (χ3n) is 2.07. The predicted molar refractivity (Wildman–Crippen MR) is 59.4 cm³/mol. The molecule has 6 heteroatoms. The molecule has 0 spiro atoms. The van der Waals surface area contributed by atoms with Crippen LogP contribution in [-0.2, 0) is 4.74 Å². The molecule has 0 saturated heterocycles. The summed E-state index contributed by atoms with van der Waals surface area (Å²) in [6.45, 7) is 4.90. The SMILES string of the molecule is COCC(O)CCNc1nc(C(C)C)no1. The molecular weight excluding hydrogens is 210 g/mol. The molecule has 0 aliphatic rings. The molecule has 0 aliphatic heterocycles. The Morgan fingerprint density at radius 2 is 2.25 bits per heavy atom. The molecule has 2 N–H and O–H groups in total. The number of ether oxygens (including phenoxy) is 1. The number of anilines is 1. The van der Waals surface area contributed by atoms with Gasteiger partial charge in [0.1, 0.15) is 0 Å². The number of hydrogen-bond acceptors (Lipinski definition) is 6. The fraction of sp³-hybridized carbons (Fsp3) is 0.800. The van der Waals surface area contributed by atoms with Crippen molar-refractivity contribution in [3.8, 4) is 0 Å². The molecule has 16 heavy (non-hydrogen) atoms. The van der Waals surface area contributed by atoms with Gasteiger partial charge in [0.15, 0.2) is 5.82 Å². The highest BCUT2D eigenvalue weighted by Crippen LogP contribution is 2.12. The second-order valence-corrected chi connectivity index (χ2v) is 3.94. The van der Waals surface area contributed by atoms with Gasteiger partial charge in [-0.05, 0) is 6.42 Å². The molecule has 0 amide bonds. The van der Waals surface area contributed by atoms with Gasteiger partial charge in [-0.15, -0.1) is 0 Å². The first-order chi connectivity index (χ1) is 7.63. The first-order valence-electron chi connectivity index (χ1n) is 5.38. The molecule has 92 valence electrons. The summed E-state index contributed by atoms with van der Waals surface area (Å²) in [5, 5.41) is 16.2. The fourth-order valence-corrected chi connectivity index (χ4v) is 1.16. The summed E-state index contributed by atoms with van der Waals surface area (Å²) >= 11 is 0. The van der Waals surface area contributed by atoms with Crippen LogP contribution in [0.4, 0.5) is 6.01 Å². The summed E-state index contributed by atoms with van der Waals surface area (Å²) < 4.78 is 9.80. The maximum Gasteiger partial charge on any atom is 0.321 e. The zero-order valence-corrected chi connectivity index (χ0v) is 9.93. The molecule has 1 aromatic heterocycles. The molecule has 0 aromatic carbocycles. The Morgan fingerprint density at radius 3 is 2.81 bits per heavy atom. The van der Waals surface area contributed by atoms with Crippen LogP contribution in [0.2, 0.25) is 0 Å². The van der Waals surface area contributed by atoms with Crippen LogP contribution in [0.5, 0.6) is 0 Å². The highest BCUT2D eigenvalue weighted by Gasteiger charge is 2.09. The summed E-state index contributed by atoms with van der Waals surface area (Å²) in [6.07, 6.45) is 0.109. The Hall–Kier alpha value is -1.14. The van der Waals surface area contributed by atoms with Gasteiger partial charge >= 0.3 is 6.01 Å². The minimum absolute atomic E-state index is 0.249. The highest BCUT2D eigenvalue weighted by molar-refractivity contribution is 5.18. The van der Waals surface area contributed by atoms with Crippen LogP contribution >= 0.6 is 0 Å². The van der Waals surface area contributed by atoms with Gasteiger partial charge in [-0.2, -0.15) is 4.98 Å². The van der Waals surface area contributed by atoms with E-state index < -0.39 is 6.10 Å². The molecule has 1 heterocycles. The summed E-state index contributed by atoms with van der Waals surface area (Å²) in [4.78, 5) is 4.15. The average Bonchev–Trinajstić information content (AvgIpc) is 2.67. The van der Waals surface area contributed by atoms with Gasteiger partial charge in [0, 0.05) is 19.6 Å². The van der Waals surface area contributed by atoms with Crippen LogP contribution in [0.1, 0.15) is 32.0 Å². The van der Waals surface area contributed by atoms with Gasteiger partial charge in [-0.3, -0.25) is 0 Å². The zero-order valence-electron chi connectivity index (χ0n) is 9.93. The lowest BCUT2D eigenvalue weighted by Crippen LogP contribution is -2.18. The quantitative estimate of drug-likeness (QED) is 0.726. The van der Waals surface area contributed by atoms with Crippen LogP contribution in [0, 0.1) is 0 Å². The van der Waals surface area contributed by atoms with Crippen molar-refractivity contribution < 1.29 is 14.4 Å². The number of aliphatic hydroxyl groups excluding tert-OH is 1. The van der Waals surface area contributed by atoms with Crippen molar-refractivity contribution in [1.29, 1.82) is 0 Å². The molecule has 6 nitrogen and oxygen atoms in total. The number of nitrogens with zero attached hydrogens (tertiary/aromatic N) is 2. The number of aliphatic hydroxyl groups is 1. The molecule has 0 fully saturated rings. The van der Waals surface area contributed by atoms with Crippen molar-refractivity contribution in [2.45, 2.75) is 32.3 Å². The van der Waals surface area contributed by atoms with Crippen molar-refractivity contribution >= 4 is 6.01 Å². The van der Waals surface area contributed by atoms with E-state index in [0.717, 1.165) is 0 Å². The lowest BCUT2D eigenvalue weighted by molar-refractivity contribution is 0.0614. The summed E-state index contributed by atoms with van der Waals surface area (Å²) in [5.41, 5.74) is 0. The lowest BCUT2D eigenvalue weighted by Gasteiger charge is -2.08. The molecule has 1 aromatic rings. The molecule has 0 bridgehead atoms. The van der Waals surface area contributed by atoms with Gasteiger partial charge in [0.05, 0.1) is 12.7 Å². The van der Waals surface area contributed by atoms with E-state index in [2.05, 4.69) is 15.5 Å². The Labute approximate surface area is 95.0 Å². The van der Waals surface area contributed by atoms with Crippen LogP contribution in [0.25, 0.3) is 0 Å². The van der Waals surface area contributed by atoms with Crippen LogP contribution in [-0.4, -0.2) is 41.6 Å².